The molecule has 1 aromatic carbocycles. The third-order valence-corrected chi connectivity index (χ3v) is 1.65. The molecule has 68 valence electrons. The maximum Gasteiger partial charge on any atom is 0.314 e. The van der Waals surface area contributed by atoms with Crippen molar-refractivity contribution in [1.82, 2.24) is 0 Å². The molecule has 1 atom stereocenters. The lowest BCUT2D eigenvalue weighted by atomic mass is 10.1. The summed E-state index contributed by atoms with van der Waals surface area (Å²) in [5.74, 6) is -1.02. The molecule has 0 saturated heterocycles. The number of benzene rings is 1. The summed E-state index contributed by atoms with van der Waals surface area (Å²) in [5, 5.41) is 11.3. The molecule has 1 aromatic rings. The SMILES string of the molecule is O=NC(=O)C(O)Cc1ccccc1. The highest BCUT2D eigenvalue weighted by molar-refractivity contribution is 5.81. The Morgan fingerprint density at radius 2 is 2.00 bits per heavy atom. The molecular formula is C9H9NO3. The minimum absolute atomic E-state index is 0.130. The molecule has 4 nitrogen and oxygen atoms in total. The summed E-state index contributed by atoms with van der Waals surface area (Å²) >= 11 is 0. The molecule has 0 radical (unpaired) electrons. The van der Waals surface area contributed by atoms with E-state index in [2.05, 4.69) is 5.18 Å². The van der Waals surface area contributed by atoms with Crippen molar-refractivity contribution in [1.29, 1.82) is 0 Å². The van der Waals surface area contributed by atoms with E-state index in [1.54, 1.807) is 24.3 Å². The average molecular weight is 179 g/mol. The minimum Gasteiger partial charge on any atom is -0.383 e. The molecule has 1 unspecified atom stereocenters. The van der Waals surface area contributed by atoms with Gasteiger partial charge in [0.2, 0.25) is 0 Å². The number of hydrogen-bond acceptors (Lipinski definition) is 3. The zero-order chi connectivity index (χ0) is 9.68. The lowest BCUT2D eigenvalue weighted by molar-refractivity contribution is -0.125. The van der Waals surface area contributed by atoms with E-state index in [1.807, 2.05) is 6.07 Å². The van der Waals surface area contributed by atoms with Crippen molar-refractivity contribution in [3.8, 4) is 0 Å². The second kappa shape index (κ2) is 4.47. The van der Waals surface area contributed by atoms with Crippen LogP contribution in [0, 0.1) is 4.91 Å². The normalized spacial score (nSPS) is 12.1. The van der Waals surface area contributed by atoms with E-state index >= 15 is 0 Å². The summed E-state index contributed by atoms with van der Waals surface area (Å²) in [6, 6.07) is 8.94. The van der Waals surface area contributed by atoms with E-state index in [1.165, 1.54) is 0 Å². The molecule has 0 bridgehead atoms. The molecule has 0 spiro atoms. The fraction of sp³-hybridized carbons (Fsp3) is 0.222. The van der Waals surface area contributed by atoms with E-state index in [0.717, 1.165) is 5.56 Å². The molecule has 0 aromatic heterocycles. The highest BCUT2D eigenvalue weighted by Gasteiger charge is 2.15. The van der Waals surface area contributed by atoms with Gasteiger partial charge in [0.1, 0.15) is 6.10 Å². The van der Waals surface area contributed by atoms with Crippen LogP contribution < -0.4 is 0 Å². The van der Waals surface area contributed by atoms with E-state index in [0.29, 0.717) is 0 Å². The van der Waals surface area contributed by atoms with Gasteiger partial charge in [-0.1, -0.05) is 30.3 Å². The van der Waals surface area contributed by atoms with Gasteiger partial charge in [0.05, 0.1) is 0 Å². The maximum absolute atomic E-state index is 10.6. The Hall–Kier alpha value is -1.55. The molecule has 0 saturated carbocycles. The van der Waals surface area contributed by atoms with Crippen LogP contribution in [0.25, 0.3) is 0 Å². The third-order valence-electron chi connectivity index (χ3n) is 1.65. The largest absolute Gasteiger partial charge is 0.383 e. The highest BCUT2D eigenvalue weighted by atomic mass is 16.3. The summed E-state index contributed by atoms with van der Waals surface area (Å²) in [7, 11) is 0. The van der Waals surface area contributed by atoms with Gasteiger partial charge in [-0.3, -0.25) is 4.79 Å². The van der Waals surface area contributed by atoms with Crippen LogP contribution in [-0.2, 0) is 11.2 Å². The van der Waals surface area contributed by atoms with Crippen LogP contribution in [0.4, 0.5) is 0 Å². The monoisotopic (exact) mass is 179 g/mol. The number of nitrogens with zero attached hydrogens (tertiary/aromatic N) is 1. The van der Waals surface area contributed by atoms with E-state index in [4.69, 9.17) is 5.11 Å². The molecule has 13 heavy (non-hydrogen) atoms. The number of carbonyl (C=O) groups is 1. The lowest BCUT2D eigenvalue weighted by Crippen LogP contribution is -2.20. The van der Waals surface area contributed by atoms with Gasteiger partial charge >= 0.3 is 5.91 Å². The fourth-order valence-corrected chi connectivity index (χ4v) is 0.986. The molecule has 4 heteroatoms. The van der Waals surface area contributed by atoms with Crippen molar-refractivity contribution < 1.29 is 9.90 Å². The van der Waals surface area contributed by atoms with Gasteiger partial charge in [0.25, 0.3) is 0 Å². The molecule has 0 aliphatic carbocycles. The minimum atomic E-state index is -1.32. The second-order valence-electron chi connectivity index (χ2n) is 2.64. The Morgan fingerprint density at radius 3 is 2.54 bits per heavy atom. The van der Waals surface area contributed by atoms with E-state index < -0.39 is 12.0 Å². The summed E-state index contributed by atoms with van der Waals surface area (Å²) < 4.78 is 0. The van der Waals surface area contributed by atoms with Crippen LogP contribution in [0.3, 0.4) is 0 Å². The van der Waals surface area contributed by atoms with Crippen molar-refractivity contribution in [2.75, 3.05) is 0 Å². The first kappa shape index (κ1) is 9.54. The van der Waals surface area contributed by atoms with Gasteiger partial charge in [0, 0.05) is 11.6 Å². The van der Waals surface area contributed by atoms with Crippen molar-refractivity contribution >= 4 is 5.91 Å². The number of aliphatic hydroxyl groups is 1. The van der Waals surface area contributed by atoms with Crippen LogP contribution in [0.1, 0.15) is 5.56 Å². The molecule has 1 amide bonds. The van der Waals surface area contributed by atoms with Gasteiger partial charge in [-0.25, -0.2) is 0 Å². The van der Waals surface area contributed by atoms with Crippen LogP contribution in [0.5, 0.6) is 0 Å². The van der Waals surface area contributed by atoms with Crippen molar-refractivity contribution in [2.45, 2.75) is 12.5 Å². The fourth-order valence-electron chi connectivity index (χ4n) is 0.986. The quantitative estimate of drug-likeness (QED) is 0.700. The van der Waals surface area contributed by atoms with Crippen LogP contribution in [0.15, 0.2) is 35.5 Å². The first-order valence-electron chi connectivity index (χ1n) is 3.83. The lowest BCUT2D eigenvalue weighted by Gasteiger charge is -2.03. The Bertz CT molecular complexity index is 297. The molecule has 0 aliphatic heterocycles. The summed E-state index contributed by atoms with van der Waals surface area (Å²) in [6.45, 7) is 0. The molecule has 1 rings (SSSR count). The van der Waals surface area contributed by atoms with E-state index in [-0.39, 0.29) is 6.42 Å². The number of hydrogen-bond donors (Lipinski definition) is 1. The van der Waals surface area contributed by atoms with Crippen molar-refractivity contribution in [3.05, 3.63) is 40.8 Å². The number of carbonyl (C=O) groups excluding carboxylic acids is 1. The smallest absolute Gasteiger partial charge is 0.314 e. The number of nitroso groups, excluding NO2 is 1. The number of aliphatic hydroxyl groups excluding tert-OH is 1. The Labute approximate surface area is 75.2 Å². The molecule has 0 aliphatic rings. The number of amides is 1. The summed E-state index contributed by atoms with van der Waals surface area (Å²) in [4.78, 5) is 20.4. The second-order valence-corrected chi connectivity index (χ2v) is 2.64. The van der Waals surface area contributed by atoms with Crippen LogP contribution in [0.2, 0.25) is 0 Å². The zero-order valence-electron chi connectivity index (χ0n) is 6.88. The third kappa shape index (κ3) is 2.76. The summed E-state index contributed by atoms with van der Waals surface area (Å²) in [5.41, 5.74) is 0.798. The predicted molar refractivity (Wildman–Crippen MR) is 47.0 cm³/mol. The Balaban J connectivity index is 2.60. The highest BCUT2D eigenvalue weighted by Crippen LogP contribution is 2.03. The van der Waals surface area contributed by atoms with Gasteiger partial charge in [-0.2, -0.15) is 0 Å². The summed E-state index contributed by atoms with van der Waals surface area (Å²) in [6.07, 6.45) is -1.19. The van der Waals surface area contributed by atoms with Gasteiger partial charge < -0.3 is 5.11 Å². The van der Waals surface area contributed by atoms with Crippen molar-refractivity contribution in [2.24, 2.45) is 5.18 Å². The Morgan fingerprint density at radius 1 is 1.38 bits per heavy atom. The standard InChI is InChI=1S/C9H9NO3/c11-8(9(12)10-13)6-7-4-2-1-3-5-7/h1-5,8,11H,6H2. The predicted octanol–water partition coefficient (Wildman–Crippen LogP) is 0.883. The van der Waals surface area contributed by atoms with E-state index in [9.17, 15) is 9.70 Å². The van der Waals surface area contributed by atoms with Crippen molar-refractivity contribution in [3.63, 3.8) is 0 Å². The maximum atomic E-state index is 10.6. The average Bonchev–Trinajstić information content (AvgIpc) is 2.18. The molecule has 0 heterocycles. The topological polar surface area (TPSA) is 66.7 Å². The van der Waals surface area contributed by atoms with Gasteiger partial charge in [-0.15, -0.1) is 4.91 Å². The van der Waals surface area contributed by atoms with Crippen LogP contribution in [-0.4, -0.2) is 17.1 Å². The molecular weight excluding hydrogens is 170 g/mol. The first-order chi connectivity index (χ1) is 6.24. The number of rotatable bonds is 3. The Kier molecular flexibility index (Phi) is 3.28. The van der Waals surface area contributed by atoms with Gasteiger partial charge in [0.15, 0.2) is 0 Å². The first-order valence-corrected chi connectivity index (χ1v) is 3.83. The molecule has 0 fully saturated rings. The zero-order valence-corrected chi connectivity index (χ0v) is 6.88. The molecule has 1 N–H and O–H groups in total. The van der Waals surface area contributed by atoms with Crippen LogP contribution >= 0.6 is 0 Å². The van der Waals surface area contributed by atoms with Gasteiger partial charge in [-0.05, 0) is 5.56 Å².